The molecule has 1 saturated heterocycles. The number of pyridine rings is 1. The number of hydrogen-bond acceptors (Lipinski definition) is 6. The van der Waals surface area contributed by atoms with Crippen LogP contribution in [0.1, 0.15) is 20.0 Å². The van der Waals surface area contributed by atoms with Gasteiger partial charge in [0.1, 0.15) is 5.56 Å². The van der Waals surface area contributed by atoms with E-state index < -0.39 is 0 Å². The van der Waals surface area contributed by atoms with Crippen molar-refractivity contribution in [3.05, 3.63) is 46.3 Å². The molecule has 146 valence electrons. The number of amides is 2. The number of halogens is 1. The van der Waals surface area contributed by atoms with E-state index in [1.54, 1.807) is 18.3 Å². The van der Waals surface area contributed by atoms with Crippen molar-refractivity contribution in [2.45, 2.75) is 0 Å². The summed E-state index contributed by atoms with van der Waals surface area (Å²) in [6, 6.07) is 7.16. The number of piperazine rings is 1. The third kappa shape index (κ3) is 5.41. The Morgan fingerprint density at radius 3 is 2.67 bits per heavy atom. The molecule has 0 bridgehead atoms. The maximum Gasteiger partial charge on any atom is 0.261 e. The van der Waals surface area contributed by atoms with Gasteiger partial charge in [-0.1, -0.05) is 6.07 Å². The number of nitrogens with zero attached hydrogens (tertiary/aromatic N) is 3. The molecule has 2 amide bonds. The molecule has 2 aromatic rings. The Hall–Kier alpha value is -2.16. The van der Waals surface area contributed by atoms with E-state index in [0.29, 0.717) is 31.1 Å². The Balaban J connectivity index is 0.00000261. The normalized spacial score (nSPS) is 14.3. The highest BCUT2D eigenvalue weighted by atomic mass is 35.5. The first kappa shape index (κ1) is 21.1. The summed E-state index contributed by atoms with van der Waals surface area (Å²) in [5, 5.41) is 4.82. The maximum absolute atomic E-state index is 12.7. The number of nitrogens with one attached hydrogen (secondary N) is 1. The predicted molar refractivity (Wildman–Crippen MR) is 107 cm³/mol. The molecule has 3 rings (SSSR count). The van der Waals surface area contributed by atoms with Gasteiger partial charge in [-0.2, -0.15) is 0 Å². The molecule has 1 aliphatic rings. The third-order valence-electron chi connectivity index (χ3n) is 4.31. The average Bonchev–Trinajstić information content (AvgIpc) is 3.23. The van der Waals surface area contributed by atoms with Crippen LogP contribution in [0, 0.1) is 0 Å². The number of ether oxygens (including phenoxy) is 1. The van der Waals surface area contributed by atoms with Crippen molar-refractivity contribution < 1.29 is 14.3 Å². The fourth-order valence-corrected chi connectivity index (χ4v) is 3.52. The van der Waals surface area contributed by atoms with Gasteiger partial charge in [0.2, 0.25) is 5.88 Å². The molecule has 27 heavy (non-hydrogen) atoms. The minimum atomic E-state index is -0.0550. The van der Waals surface area contributed by atoms with Gasteiger partial charge in [0, 0.05) is 45.5 Å². The van der Waals surface area contributed by atoms with Crippen LogP contribution in [-0.4, -0.2) is 73.0 Å². The highest BCUT2D eigenvalue weighted by Gasteiger charge is 2.24. The molecular weight excluding hydrogens is 388 g/mol. The molecule has 0 unspecified atom stereocenters. The van der Waals surface area contributed by atoms with E-state index in [1.165, 1.54) is 18.4 Å². The van der Waals surface area contributed by atoms with Crippen LogP contribution in [0.5, 0.6) is 5.88 Å². The van der Waals surface area contributed by atoms with Crippen molar-refractivity contribution in [3.63, 3.8) is 0 Å². The Labute approximate surface area is 168 Å². The van der Waals surface area contributed by atoms with Gasteiger partial charge in [0.05, 0.1) is 12.0 Å². The van der Waals surface area contributed by atoms with Crippen LogP contribution in [-0.2, 0) is 0 Å². The second-order valence-electron chi connectivity index (χ2n) is 5.93. The largest absolute Gasteiger partial charge is 0.480 e. The zero-order valence-electron chi connectivity index (χ0n) is 15.1. The summed E-state index contributed by atoms with van der Waals surface area (Å²) < 4.78 is 5.18. The lowest BCUT2D eigenvalue weighted by Crippen LogP contribution is -2.50. The predicted octanol–water partition coefficient (Wildman–Crippen LogP) is 1.76. The van der Waals surface area contributed by atoms with Crippen LogP contribution in [0.3, 0.4) is 0 Å². The van der Waals surface area contributed by atoms with Crippen LogP contribution >= 0.6 is 23.7 Å². The minimum Gasteiger partial charge on any atom is -0.480 e. The molecule has 0 spiro atoms. The molecule has 0 aliphatic carbocycles. The number of carbonyl (C=O) groups excluding carboxylic acids is 2. The molecule has 1 N–H and O–H groups in total. The lowest BCUT2D eigenvalue weighted by molar-refractivity contribution is 0.0634. The van der Waals surface area contributed by atoms with E-state index >= 15 is 0 Å². The first-order valence-electron chi connectivity index (χ1n) is 8.51. The Morgan fingerprint density at radius 1 is 1.22 bits per heavy atom. The number of carbonyl (C=O) groups is 2. The van der Waals surface area contributed by atoms with Gasteiger partial charge < -0.3 is 15.0 Å². The summed E-state index contributed by atoms with van der Waals surface area (Å²) in [7, 11) is 1.52. The first-order valence-corrected chi connectivity index (χ1v) is 9.39. The van der Waals surface area contributed by atoms with Crippen molar-refractivity contribution in [1.29, 1.82) is 0 Å². The molecule has 1 aliphatic heterocycles. The van der Waals surface area contributed by atoms with E-state index in [-0.39, 0.29) is 24.2 Å². The monoisotopic (exact) mass is 410 g/mol. The maximum atomic E-state index is 12.7. The zero-order chi connectivity index (χ0) is 18.4. The van der Waals surface area contributed by atoms with Crippen LogP contribution < -0.4 is 10.1 Å². The smallest absolute Gasteiger partial charge is 0.261 e. The lowest BCUT2D eigenvalue weighted by atomic mass is 10.2. The molecular formula is C18H23ClN4O3S. The number of hydrogen-bond donors (Lipinski definition) is 1. The Kier molecular flexibility index (Phi) is 8.02. The van der Waals surface area contributed by atoms with Gasteiger partial charge in [0.25, 0.3) is 11.8 Å². The molecule has 9 heteroatoms. The van der Waals surface area contributed by atoms with Gasteiger partial charge in [-0.25, -0.2) is 4.98 Å². The van der Waals surface area contributed by atoms with Crippen LogP contribution in [0.2, 0.25) is 0 Å². The van der Waals surface area contributed by atoms with Crippen molar-refractivity contribution in [1.82, 2.24) is 20.1 Å². The van der Waals surface area contributed by atoms with Crippen molar-refractivity contribution in [2.24, 2.45) is 0 Å². The second kappa shape index (κ2) is 10.2. The highest BCUT2D eigenvalue weighted by molar-refractivity contribution is 7.12. The van der Waals surface area contributed by atoms with Crippen molar-refractivity contribution >= 4 is 35.6 Å². The summed E-state index contributed by atoms with van der Waals surface area (Å²) in [5.74, 6) is 0.273. The Bertz CT molecular complexity index is 749. The van der Waals surface area contributed by atoms with Crippen LogP contribution in [0.15, 0.2) is 35.8 Å². The summed E-state index contributed by atoms with van der Waals surface area (Å²) in [6.07, 6.45) is 1.61. The van der Waals surface area contributed by atoms with E-state index in [2.05, 4.69) is 15.2 Å². The topological polar surface area (TPSA) is 74.8 Å². The second-order valence-corrected chi connectivity index (χ2v) is 6.87. The molecule has 0 atom stereocenters. The summed E-state index contributed by atoms with van der Waals surface area (Å²) in [6.45, 7) is 4.23. The van der Waals surface area contributed by atoms with Gasteiger partial charge >= 0.3 is 0 Å². The molecule has 3 heterocycles. The van der Waals surface area contributed by atoms with Gasteiger partial charge in [-0.15, -0.1) is 23.7 Å². The van der Waals surface area contributed by atoms with E-state index in [9.17, 15) is 9.59 Å². The third-order valence-corrected chi connectivity index (χ3v) is 5.18. The lowest BCUT2D eigenvalue weighted by Gasteiger charge is -2.34. The number of rotatable bonds is 6. The average molecular weight is 411 g/mol. The summed E-state index contributed by atoms with van der Waals surface area (Å²) >= 11 is 1.44. The fourth-order valence-electron chi connectivity index (χ4n) is 2.88. The quantitative estimate of drug-likeness (QED) is 0.785. The summed E-state index contributed by atoms with van der Waals surface area (Å²) in [4.78, 5) is 33.5. The SMILES string of the molecule is COc1ncccc1C(=O)N1CCN(CCNC(=O)c2cccs2)CC1.Cl. The van der Waals surface area contributed by atoms with E-state index in [4.69, 9.17) is 4.74 Å². The van der Waals surface area contributed by atoms with Gasteiger partial charge in [-0.3, -0.25) is 14.5 Å². The van der Waals surface area contributed by atoms with Crippen molar-refractivity contribution in [3.8, 4) is 5.88 Å². The molecule has 0 aromatic carbocycles. The first-order chi connectivity index (χ1) is 12.7. The molecule has 7 nitrogen and oxygen atoms in total. The number of aromatic nitrogens is 1. The number of methoxy groups -OCH3 is 1. The molecule has 1 fully saturated rings. The molecule has 2 aromatic heterocycles. The highest BCUT2D eigenvalue weighted by Crippen LogP contribution is 2.17. The molecule has 0 saturated carbocycles. The van der Waals surface area contributed by atoms with Gasteiger partial charge in [0.15, 0.2) is 0 Å². The number of thiophene rings is 1. The minimum absolute atomic E-state index is 0. The summed E-state index contributed by atoms with van der Waals surface area (Å²) in [5.41, 5.74) is 0.492. The van der Waals surface area contributed by atoms with Crippen molar-refractivity contribution in [2.75, 3.05) is 46.4 Å². The van der Waals surface area contributed by atoms with Gasteiger partial charge in [-0.05, 0) is 23.6 Å². The van der Waals surface area contributed by atoms with Crippen LogP contribution in [0.4, 0.5) is 0 Å². The van der Waals surface area contributed by atoms with E-state index in [0.717, 1.165) is 24.5 Å². The fraction of sp³-hybridized carbons (Fsp3) is 0.389. The Morgan fingerprint density at radius 2 is 2.00 bits per heavy atom. The van der Waals surface area contributed by atoms with E-state index in [1.807, 2.05) is 22.4 Å². The molecule has 0 radical (unpaired) electrons. The van der Waals surface area contributed by atoms with Crippen LogP contribution in [0.25, 0.3) is 0 Å². The standard InChI is InChI=1S/C18H22N4O3S.ClH/c1-25-17-14(4-2-6-20-17)18(24)22-11-9-21(10-12-22)8-7-19-16(23)15-5-3-13-26-15;/h2-6,13H,7-12H2,1H3,(H,19,23);1H. The zero-order valence-corrected chi connectivity index (χ0v) is 16.7.